The second-order valence-electron chi connectivity index (χ2n) is 10.0. The van der Waals surface area contributed by atoms with Gasteiger partial charge in [-0.25, -0.2) is 9.97 Å². The number of nitrogens with one attached hydrogen (secondary N) is 1. The Labute approximate surface area is 222 Å². The zero-order chi connectivity index (χ0) is 25.7. The number of imidazole rings is 1. The number of aromatic nitrogens is 5. The lowest BCUT2D eigenvalue weighted by atomic mass is 10.3. The Hall–Kier alpha value is -3.51. The minimum absolute atomic E-state index is 0.237. The van der Waals surface area contributed by atoms with E-state index in [1.165, 1.54) is 0 Å². The first-order chi connectivity index (χ1) is 18.7. The Morgan fingerprint density at radius 3 is 2.50 bits per heavy atom. The molecule has 3 aromatic heterocycles. The first kappa shape index (κ1) is 24.8. The molecule has 0 saturated carbocycles. The van der Waals surface area contributed by atoms with Crippen molar-refractivity contribution in [2.75, 3.05) is 93.8 Å². The Morgan fingerprint density at radius 1 is 0.895 bits per heavy atom. The van der Waals surface area contributed by atoms with E-state index in [2.05, 4.69) is 40.6 Å². The third-order valence-corrected chi connectivity index (χ3v) is 7.59. The molecule has 0 radical (unpaired) electrons. The zero-order valence-corrected chi connectivity index (χ0v) is 21.8. The highest BCUT2D eigenvalue weighted by atomic mass is 16.5. The predicted molar refractivity (Wildman–Crippen MR) is 146 cm³/mol. The third kappa shape index (κ3) is 5.51. The van der Waals surface area contributed by atoms with Crippen LogP contribution in [0.4, 0.5) is 17.6 Å². The molecule has 12 nitrogen and oxygen atoms in total. The van der Waals surface area contributed by atoms with Crippen molar-refractivity contribution in [3.63, 3.8) is 0 Å². The van der Waals surface area contributed by atoms with Crippen molar-refractivity contribution >= 4 is 34.7 Å². The van der Waals surface area contributed by atoms with E-state index in [1.54, 1.807) is 0 Å². The van der Waals surface area contributed by atoms with Gasteiger partial charge in [0.2, 0.25) is 11.9 Å². The molecule has 3 aliphatic rings. The highest BCUT2D eigenvalue weighted by molar-refractivity contribution is 5.84. The van der Waals surface area contributed by atoms with Crippen LogP contribution in [0.5, 0.6) is 0 Å². The van der Waals surface area contributed by atoms with Crippen LogP contribution < -0.4 is 15.1 Å². The number of fused-ring (bicyclic) bond motifs is 1. The Balaban J connectivity index is 1.20. The van der Waals surface area contributed by atoms with Gasteiger partial charge in [-0.15, -0.1) is 0 Å². The highest BCUT2D eigenvalue weighted by Crippen LogP contribution is 2.24. The van der Waals surface area contributed by atoms with Gasteiger partial charge in [0.15, 0.2) is 17.0 Å². The van der Waals surface area contributed by atoms with Crippen LogP contribution in [0.15, 0.2) is 30.7 Å². The number of morpholine rings is 1. The molecule has 0 aliphatic carbocycles. The molecule has 38 heavy (non-hydrogen) atoms. The van der Waals surface area contributed by atoms with Crippen LogP contribution in [0.1, 0.15) is 12.8 Å². The molecule has 0 bridgehead atoms. The molecule has 3 aromatic rings. The number of amides is 1. The van der Waals surface area contributed by atoms with Gasteiger partial charge >= 0.3 is 0 Å². The largest absolute Gasteiger partial charge is 0.379 e. The summed E-state index contributed by atoms with van der Waals surface area (Å²) in [6.45, 7) is 10.7. The Kier molecular flexibility index (Phi) is 7.49. The van der Waals surface area contributed by atoms with Crippen molar-refractivity contribution in [3.05, 3.63) is 30.7 Å². The minimum Gasteiger partial charge on any atom is -0.379 e. The van der Waals surface area contributed by atoms with Gasteiger partial charge in [-0.3, -0.25) is 9.69 Å². The first-order valence-corrected chi connectivity index (χ1v) is 13.7. The molecule has 0 unspecified atom stereocenters. The highest BCUT2D eigenvalue weighted by Gasteiger charge is 2.24. The molecule has 3 aliphatic heterocycles. The van der Waals surface area contributed by atoms with Gasteiger partial charge in [0, 0.05) is 84.6 Å². The number of ether oxygens (including phenoxy) is 1. The monoisotopic (exact) mass is 520 g/mol. The normalized spacial score (nSPS) is 19.1. The zero-order valence-electron chi connectivity index (χ0n) is 21.8. The summed E-state index contributed by atoms with van der Waals surface area (Å²) in [6, 6.07) is 6.02. The van der Waals surface area contributed by atoms with Crippen molar-refractivity contribution in [1.29, 1.82) is 0 Å². The molecule has 202 valence electrons. The standard InChI is InChI=1S/C26H36N10O2/c37-22-5-3-8-34(22)12-15-36-20-29-23-24(28-7-9-32-16-18-38-19-17-32)30-26(31-25(23)36)35-13-10-33(11-14-35)21-4-1-2-6-27-21/h1-2,4,6,20H,3,5,7-19H2,(H,28,30,31). The molecule has 3 fully saturated rings. The van der Waals surface area contributed by atoms with Crippen molar-refractivity contribution in [2.45, 2.75) is 19.4 Å². The van der Waals surface area contributed by atoms with Gasteiger partial charge in [0.25, 0.3) is 0 Å². The molecule has 3 saturated heterocycles. The van der Waals surface area contributed by atoms with Gasteiger partial charge < -0.3 is 29.3 Å². The van der Waals surface area contributed by atoms with Gasteiger partial charge in [-0.1, -0.05) is 6.07 Å². The van der Waals surface area contributed by atoms with Crippen LogP contribution in [0.3, 0.4) is 0 Å². The maximum atomic E-state index is 12.1. The molecule has 6 heterocycles. The van der Waals surface area contributed by atoms with Crippen molar-refractivity contribution < 1.29 is 9.53 Å². The smallest absolute Gasteiger partial charge is 0.229 e. The SMILES string of the molecule is O=C1CCCN1CCn1cnc2c(NCCN3CCOCC3)nc(N3CCN(c4ccccn4)CC3)nc21. The molecule has 0 aromatic carbocycles. The van der Waals surface area contributed by atoms with Gasteiger partial charge in [0.05, 0.1) is 19.5 Å². The minimum atomic E-state index is 0.237. The summed E-state index contributed by atoms with van der Waals surface area (Å²) in [6.07, 6.45) is 5.26. The number of carbonyl (C=O) groups excluding carboxylic acids is 1. The van der Waals surface area contributed by atoms with E-state index in [4.69, 9.17) is 14.7 Å². The first-order valence-electron chi connectivity index (χ1n) is 13.7. The second-order valence-corrected chi connectivity index (χ2v) is 10.0. The van der Waals surface area contributed by atoms with E-state index >= 15 is 0 Å². The lowest BCUT2D eigenvalue weighted by molar-refractivity contribution is -0.127. The van der Waals surface area contributed by atoms with Crippen LogP contribution in [-0.4, -0.2) is 119 Å². The summed E-state index contributed by atoms with van der Waals surface area (Å²) in [5, 5.41) is 3.55. The lowest BCUT2D eigenvalue weighted by Gasteiger charge is -2.35. The van der Waals surface area contributed by atoms with Crippen molar-refractivity contribution in [2.24, 2.45) is 0 Å². The number of pyridine rings is 1. The Morgan fingerprint density at radius 2 is 1.74 bits per heavy atom. The van der Waals surface area contributed by atoms with Crippen molar-refractivity contribution in [3.8, 4) is 0 Å². The fraction of sp³-hybridized carbons (Fsp3) is 0.577. The number of likely N-dealkylation sites (tertiary alicyclic amines) is 1. The molecular formula is C26H36N10O2. The van der Waals surface area contributed by atoms with E-state index in [9.17, 15) is 4.79 Å². The van der Waals surface area contributed by atoms with E-state index < -0.39 is 0 Å². The van der Waals surface area contributed by atoms with Crippen molar-refractivity contribution in [1.82, 2.24) is 34.3 Å². The van der Waals surface area contributed by atoms with Crippen LogP contribution in [0.25, 0.3) is 11.2 Å². The fourth-order valence-electron chi connectivity index (χ4n) is 5.36. The number of rotatable bonds is 9. The van der Waals surface area contributed by atoms with Crippen LogP contribution in [0, 0.1) is 0 Å². The second kappa shape index (κ2) is 11.5. The summed E-state index contributed by atoms with van der Waals surface area (Å²) in [4.78, 5) is 40.1. The topological polar surface area (TPSA) is 108 Å². The number of hydrogen-bond donors (Lipinski definition) is 1. The molecule has 1 amide bonds. The van der Waals surface area contributed by atoms with E-state index in [-0.39, 0.29) is 5.91 Å². The summed E-state index contributed by atoms with van der Waals surface area (Å²) in [7, 11) is 0. The maximum absolute atomic E-state index is 12.1. The quantitative estimate of drug-likeness (QED) is 0.438. The fourth-order valence-corrected chi connectivity index (χ4v) is 5.36. The van der Waals surface area contributed by atoms with Crippen LogP contribution in [-0.2, 0) is 16.1 Å². The van der Waals surface area contributed by atoms with Gasteiger partial charge in [0.1, 0.15) is 5.82 Å². The number of anilines is 3. The molecular weight excluding hydrogens is 484 g/mol. The summed E-state index contributed by atoms with van der Waals surface area (Å²) in [5.74, 6) is 2.72. The molecule has 12 heteroatoms. The summed E-state index contributed by atoms with van der Waals surface area (Å²) >= 11 is 0. The lowest BCUT2D eigenvalue weighted by Crippen LogP contribution is -2.47. The number of nitrogens with zero attached hydrogens (tertiary/aromatic N) is 9. The van der Waals surface area contributed by atoms with Crippen LogP contribution in [0.2, 0.25) is 0 Å². The average Bonchev–Trinajstić information content (AvgIpc) is 3.58. The number of piperazine rings is 1. The van der Waals surface area contributed by atoms with E-state index in [0.717, 1.165) is 101 Å². The molecule has 6 rings (SSSR count). The average molecular weight is 521 g/mol. The van der Waals surface area contributed by atoms with E-state index in [0.29, 0.717) is 25.5 Å². The van der Waals surface area contributed by atoms with E-state index in [1.807, 2.05) is 29.6 Å². The predicted octanol–water partition coefficient (Wildman–Crippen LogP) is 0.914. The van der Waals surface area contributed by atoms with Gasteiger partial charge in [-0.05, 0) is 18.6 Å². The molecule has 0 spiro atoms. The number of hydrogen-bond acceptors (Lipinski definition) is 10. The summed E-state index contributed by atoms with van der Waals surface area (Å²) in [5.41, 5.74) is 1.58. The van der Waals surface area contributed by atoms with Crippen LogP contribution >= 0.6 is 0 Å². The maximum Gasteiger partial charge on any atom is 0.229 e. The molecule has 0 atom stereocenters. The molecule has 1 N–H and O–H groups in total. The van der Waals surface area contributed by atoms with Gasteiger partial charge in [-0.2, -0.15) is 9.97 Å². The summed E-state index contributed by atoms with van der Waals surface area (Å²) < 4.78 is 7.54. The third-order valence-electron chi connectivity index (χ3n) is 7.59. The Bertz CT molecular complexity index is 1220. The number of carbonyl (C=O) groups is 1.